The summed E-state index contributed by atoms with van der Waals surface area (Å²) in [6.07, 6.45) is 0.962. The van der Waals surface area contributed by atoms with Gasteiger partial charge in [0, 0.05) is 5.69 Å². The van der Waals surface area contributed by atoms with Crippen LogP contribution in [0, 0.1) is 0 Å². The van der Waals surface area contributed by atoms with Crippen molar-refractivity contribution in [3.8, 4) is 5.88 Å². The minimum atomic E-state index is -0.332. The summed E-state index contributed by atoms with van der Waals surface area (Å²) in [5, 5.41) is 3.33. The third-order valence-electron chi connectivity index (χ3n) is 2.95. The Hall–Kier alpha value is -2.23. The standard InChI is InChI=1S/C17H23N3O/c1-5-12-8-6-7-9-14(12)19-15-11-10-13(18)16(20-15)21-17(2,3)4/h6-11H,5,18H2,1-4H3,(H,19,20). The van der Waals surface area contributed by atoms with Crippen LogP contribution in [0.25, 0.3) is 0 Å². The van der Waals surface area contributed by atoms with Crippen molar-refractivity contribution in [2.24, 2.45) is 0 Å². The van der Waals surface area contributed by atoms with E-state index in [1.807, 2.05) is 51.1 Å². The summed E-state index contributed by atoms with van der Waals surface area (Å²) >= 11 is 0. The number of para-hydroxylation sites is 1. The van der Waals surface area contributed by atoms with E-state index in [4.69, 9.17) is 10.5 Å². The zero-order chi connectivity index (χ0) is 15.5. The van der Waals surface area contributed by atoms with Gasteiger partial charge in [0.15, 0.2) is 0 Å². The molecule has 1 aromatic heterocycles. The van der Waals surface area contributed by atoms with Crippen molar-refractivity contribution in [2.75, 3.05) is 11.1 Å². The molecule has 1 heterocycles. The summed E-state index contributed by atoms with van der Waals surface area (Å²) < 4.78 is 5.79. The van der Waals surface area contributed by atoms with Crippen molar-refractivity contribution in [2.45, 2.75) is 39.7 Å². The van der Waals surface area contributed by atoms with E-state index < -0.39 is 0 Å². The Bertz CT molecular complexity index is 618. The lowest BCUT2D eigenvalue weighted by Gasteiger charge is -2.22. The lowest BCUT2D eigenvalue weighted by atomic mass is 10.1. The maximum atomic E-state index is 5.93. The number of nitrogens with zero attached hydrogens (tertiary/aromatic N) is 1. The van der Waals surface area contributed by atoms with Gasteiger partial charge in [0.05, 0.1) is 5.69 Å². The fourth-order valence-corrected chi connectivity index (χ4v) is 1.98. The highest BCUT2D eigenvalue weighted by atomic mass is 16.5. The highest BCUT2D eigenvalue weighted by Crippen LogP contribution is 2.27. The van der Waals surface area contributed by atoms with Crippen molar-refractivity contribution in [3.05, 3.63) is 42.0 Å². The Balaban J connectivity index is 2.27. The number of hydrogen-bond donors (Lipinski definition) is 2. The van der Waals surface area contributed by atoms with Gasteiger partial charge in [-0.25, -0.2) is 0 Å². The second-order valence-corrected chi connectivity index (χ2v) is 5.94. The lowest BCUT2D eigenvalue weighted by molar-refractivity contribution is 0.125. The third-order valence-corrected chi connectivity index (χ3v) is 2.95. The highest BCUT2D eigenvalue weighted by Gasteiger charge is 2.15. The summed E-state index contributed by atoms with van der Waals surface area (Å²) in [4.78, 5) is 4.47. The molecule has 4 heteroatoms. The zero-order valence-corrected chi connectivity index (χ0v) is 13.1. The molecule has 112 valence electrons. The molecule has 4 nitrogen and oxygen atoms in total. The van der Waals surface area contributed by atoms with Crippen LogP contribution in [0.2, 0.25) is 0 Å². The zero-order valence-electron chi connectivity index (χ0n) is 13.1. The predicted molar refractivity (Wildman–Crippen MR) is 88.1 cm³/mol. The summed E-state index contributed by atoms with van der Waals surface area (Å²) in [5.41, 5.74) is 8.44. The van der Waals surface area contributed by atoms with Crippen LogP contribution in [0.1, 0.15) is 33.3 Å². The van der Waals surface area contributed by atoms with Crippen molar-refractivity contribution < 1.29 is 4.74 Å². The van der Waals surface area contributed by atoms with Crippen LogP contribution in [0.3, 0.4) is 0 Å². The van der Waals surface area contributed by atoms with Gasteiger partial charge in [-0.05, 0) is 51.0 Å². The van der Waals surface area contributed by atoms with Crippen LogP contribution in [0.15, 0.2) is 36.4 Å². The molecule has 0 aliphatic carbocycles. The molecule has 3 N–H and O–H groups in total. The maximum Gasteiger partial charge on any atom is 0.239 e. The Morgan fingerprint density at radius 2 is 1.86 bits per heavy atom. The molecule has 0 spiro atoms. The van der Waals surface area contributed by atoms with E-state index in [9.17, 15) is 0 Å². The normalized spacial score (nSPS) is 11.2. The quantitative estimate of drug-likeness (QED) is 0.886. The number of hydrogen-bond acceptors (Lipinski definition) is 4. The molecular weight excluding hydrogens is 262 g/mol. The molecule has 0 aliphatic heterocycles. The number of aromatic nitrogens is 1. The molecule has 0 saturated heterocycles. The van der Waals surface area contributed by atoms with Crippen molar-refractivity contribution >= 4 is 17.2 Å². The van der Waals surface area contributed by atoms with Crippen LogP contribution < -0.4 is 15.8 Å². The van der Waals surface area contributed by atoms with E-state index in [0.717, 1.165) is 17.9 Å². The Labute approximate surface area is 126 Å². The smallest absolute Gasteiger partial charge is 0.239 e. The highest BCUT2D eigenvalue weighted by molar-refractivity contribution is 5.63. The van der Waals surface area contributed by atoms with Crippen molar-refractivity contribution in [1.29, 1.82) is 0 Å². The number of nitrogen functional groups attached to an aromatic ring is 1. The summed E-state index contributed by atoms with van der Waals surface area (Å²) in [6, 6.07) is 11.9. The molecule has 0 atom stereocenters. The van der Waals surface area contributed by atoms with E-state index in [1.165, 1.54) is 5.56 Å². The topological polar surface area (TPSA) is 60.2 Å². The average Bonchev–Trinajstić information content (AvgIpc) is 2.41. The molecule has 0 bridgehead atoms. The van der Waals surface area contributed by atoms with E-state index in [1.54, 1.807) is 0 Å². The van der Waals surface area contributed by atoms with Crippen LogP contribution in [-0.4, -0.2) is 10.6 Å². The summed E-state index contributed by atoms with van der Waals surface area (Å²) in [7, 11) is 0. The van der Waals surface area contributed by atoms with Crippen LogP contribution in [0.4, 0.5) is 17.2 Å². The number of ether oxygens (including phenoxy) is 1. The number of benzene rings is 1. The number of nitrogens with one attached hydrogen (secondary N) is 1. The minimum absolute atomic E-state index is 0.332. The molecule has 0 saturated carbocycles. The van der Waals surface area contributed by atoms with Gasteiger partial charge in [0.1, 0.15) is 11.4 Å². The molecule has 0 aliphatic rings. The van der Waals surface area contributed by atoms with E-state index in [0.29, 0.717) is 11.6 Å². The molecule has 0 unspecified atom stereocenters. The number of aryl methyl sites for hydroxylation is 1. The number of anilines is 3. The van der Waals surface area contributed by atoms with E-state index in [2.05, 4.69) is 23.3 Å². The van der Waals surface area contributed by atoms with Gasteiger partial charge < -0.3 is 15.8 Å². The van der Waals surface area contributed by atoms with Gasteiger partial charge in [-0.1, -0.05) is 25.1 Å². The van der Waals surface area contributed by atoms with Crippen molar-refractivity contribution in [3.63, 3.8) is 0 Å². The Kier molecular flexibility index (Phi) is 4.36. The van der Waals surface area contributed by atoms with E-state index >= 15 is 0 Å². The van der Waals surface area contributed by atoms with Gasteiger partial charge in [0.2, 0.25) is 5.88 Å². The second kappa shape index (κ2) is 6.04. The summed E-state index contributed by atoms with van der Waals surface area (Å²) in [6.45, 7) is 8.05. The van der Waals surface area contributed by atoms with E-state index in [-0.39, 0.29) is 5.60 Å². The monoisotopic (exact) mass is 285 g/mol. The Morgan fingerprint density at radius 1 is 1.14 bits per heavy atom. The summed E-state index contributed by atoms with van der Waals surface area (Å²) in [5.74, 6) is 1.19. The van der Waals surface area contributed by atoms with Gasteiger partial charge in [-0.3, -0.25) is 0 Å². The first kappa shape index (κ1) is 15.2. The largest absolute Gasteiger partial charge is 0.470 e. The molecule has 0 fully saturated rings. The molecule has 2 rings (SSSR count). The SMILES string of the molecule is CCc1ccccc1Nc1ccc(N)c(OC(C)(C)C)n1. The number of pyridine rings is 1. The first-order valence-corrected chi connectivity index (χ1v) is 7.19. The lowest BCUT2D eigenvalue weighted by Crippen LogP contribution is -2.24. The average molecular weight is 285 g/mol. The number of rotatable bonds is 4. The first-order valence-electron chi connectivity index (χ1n) is 7.19. The minimum Gasteiger partial charge on any atom is -0.470 e. The fraction of sp³-hybridized carbons (Fsp3) is 0.353. The molecule has 0 radical (unpaired) electrons. The molecule has 0 amide bonds. The third kappa shape index (κ3) is 4.12. The number of nitrogens with two attached hydrogens (primary N) is 1. The second-order valence-electron chi connectivity index (χ2n) is 5.94. The molecule has 21 heavy (non-hydrogen) atoms. The molecule has 1 aromatic carbocycles. The fourth-order valence-electron chi connectivity index (χ4n) is 1.98. The van der Waals surface area contributed by atoms with Crippen LogP contribution in [0.5, 0.6) is 5.88 Å². The van der Waals surface area contributed by atoms with Gasteiger partial charge in [-0.15, -0.1) is 0 Å². The van der Waals surface area contributed by atoms with Crippen molar-refractivity contribution in [1.82, 2.24) is 4.98 Å². The predicted octanol–water partition coefficient (Wildman–Crippen LogP) is 4.15. The van der Waals surface area contributed by atoms with Gasteiger partial charge in [-0.2, -0.15) is 4.98 Å². The Morgan fingerprint density at radius 3 is 2.52 bits per heavy atom. The molecular formula is C17H23N3O. The maximum absolute atomic E-state index is 5.93. The van der Waals surface area contributed by atoms with Crippen LogP contribution in [-0.2, 0) is 6.42 Å². The van der Waals surface area contributed by atoms with Crippen LogP contribution >= 0.6 is 0 Å². The first-order chi connectivity index (χ1) is 9.89. The molecule has 2 aromatic rings. The van der Waals surface area contributed by atoms with Gasteiger partial charge in [0.25, 0.3) is 0 Å². The van der Waals surface area contributed by atoms with Gasteiger partial charge >= 0.3 is 0 Å².